The van der Waals surface area contributed by atoms with E-state index in [1.165, 1.54) is 5.57 Å². The van der Waals surface area contributed by atoms with Crippen molar-refractivity contribution in [3.05, 3.63) is 41.5 Å². The van der Waals surface area contributed by atoms with Gasteiger partial charge in [0.2, 0.25) is 10.0 Å². The molecule has 0 bridgehead atoms. The fraction of sp³-hybridized carbons (Fsp3) is 0.556. The van der Waals surface area contributed by atoms with Crippen molar-refractivity contribution in [3.8, 4) is 0 Å². The highest BCUT2D eigenvalue weighted by Gasteiger charge is 2.13. The number of sulfonamides is 1. The van der Waals surface area contributed by atoms with Crippen LogP contribution in [0.4, 0.5) is 0 Å². The number of hydrogen-bond acceptors (Lipinski definition) is 3. The van der Waals surface area contributed by atoms with Crippen LogP contribution in [0.5, 0.6) is 0 Å². The molecular formula is C18H27NO3S. The van der Waals surface area contributed by atoms with E-state index in [9.17, 15) is 13.5 Å². The van der Waals surface area contributed by atoms with Crippen LogP contribution in [0.15, 0.2) is 40.8 Å². The maximum atomic E-state index is 12.1. The predicted molar refractivity (Wildman–Crippen MR) is 92.8 cm³/mol. The smallest absolute Gasteiger partial charge is 0.240 e. The topological polar surface area (TPSA) is 66.4 Å². The third kappa shape index (κ3) is 6.09. The Kier molecular flexibility index (Phi) is 6.81. The molecular weight excluding hydrogens is 310 g/mol. The quantitative estimate of drug-likeness (QED) is 0.475. The molecule has 0 spiro atoms. The first-order chi connectivity index (χ1) is 11.0. The molecule has 23 heavy (non-hydrogen) atoms. The number of benzene rings is 1. The second kappa shape index (κ2) is 8.62. The van der Waals surface area contributed by atoms with Gasteiger partial charge in [0, 0.05) is 6.54 Å². The number of aliphatic hydroxyl groups excluding tert-OH is 1. The number of aryl methyl sites for hydroxylation is 1. The molecule has 5 heteroatoms. The summed E-state index contributed by atoms with van der Waals surface area (Å²) in [7, 11) is -3.40. The molecule has 1 saturated carbocycles. The molecule has 4 nitrogen and oxygen atoms in total. The van der Waals surface area contributed by atoms with Crippen LogP contribution in [0.25, 0.3) is 0 Å². The summed E-state index contributed by atoms with van der Waals surface area (Å²) in [6.45, 7) is 2.38. The van der Waals surface area contributed by atoms with Gasteiger partial charge in [-0.25, -0.2) is 13.1 Å². The molecule has 0 saturated heterocycles. The zero-order valence-corrected chi connectivity index (χ0v) is 14.6. The van der Waals surface area contributed by atoms with Crippen molar-refractivity contribution in [2.24, 2.45) is 0 Å². The van der Waals surface area contributed by atoms with Crippen LogP contribution in [0.3, 0.4) is 0 Å². The van der Waals surface area contributed by atoms with E-state index in [0.717, 1.165) is 50.5 Å². The minimum atomic E-state index is -3.40. The second-order valence-electron chi connectivity index (χ2n) is 6.30. The van der Waals surface area contributed by atoms with Gasteiger partial charge < -0.3 is 5.11 Å². The third-order valence-corrected chi connectivity index (χ3v) is 5.75. The highest BCUT2D eigenvalue weighted by molar-refractivity contribution is 7.89. The predicted octanol–water partition coefficient (Wildman–Crippen LogP) is 3.30. The lowest BCUT2D eigenvalue weighted by molar-refractivity contribution is 0.158. The van der Waals surface area contributed by atoms with Crippen molar-refractivity contribution in [3.63, 3.8) is 0 Å². The summed E-state index contributed by atoms with van der Waals surface area (Å²) in [5.41, 5.74) is 2.45. The van der Waals surface area contributed by atoms with Crippen LogP contribution < -0.4 is 4.72 Å². The van der Waals surface area contributed by atoms with E-state index in [-0.39, 0.29) is 6.10 Å². The lowest BCUT2D eigenvalue weighted by Crippen LogP contribution is -2.24. The highest BCUT2D eigenvalue weighted by atomic mass is 32.2. The summed E-state index contributed by atoms with van der Waals surface area (Å²) in [5.74, 6) is 0. The van der Waals surface area contributed by atoms with Crippen molar-refractivity contribution >= 4 is 10.0 Å². The molecule has 0 radical (unpaired) electrons. The van der Waals surface area contributed by atoms with E-state index in [2.05, 4.69) is 10.8 Å². The van der Waals surface area contributed by atoms with Crippen molar-refractivity contribution in [1.82, 2.24) is 4.72 Å². The molecule has 1 unspecified atom stereocenters. The Morgan fingerprint density at radius 3 is 2.70 bits per heavy atom. The van der Waals surface area contributed by atoms with Crippen molar-refractivity contribution in [2.75, 3.05) is 6.54 Å². The molecule has 0 aromatic heterocycles. The molecule has 1 atom stereocenters. The zero-order valence-electron chi connectivity index (χ0n) is 13.8. The maximum absolute atomic E-state index is 12.1. The number of aliphatic hydroxyl groups is 1. The molecule has 2 N–H and O–H groups in total. The number of hydrogen-bond donors (Lipinski definition) is 2. The Bertz CT molecular complexity index is 620. The Morgan fingerprint density at radius 2 is 1.96 bits per heavy atom. The molecule has 1 aromatic carbocycles. The number of nitrogens with one attached hydrogen (secondary N) is 1. The molecule has 1 aliphatic rings. The van der Waals surface area contributed by atoms with Gasteiger partial charge >= 0.3 is 0 Å². The van der Waals surface area contributed by atoms with Crippen molar-refractivity contribution < 1.29 is 13.5 Å². The van der Waals surface area contributed by atoms with Crippen LogP contribution >= 0.6 is 0 Å². The van der Waals surface area contributed by atoms with E-state index >= 15 is 0 Å². The zero-order chi connectivity index (χ0) is 16.7. The summed E-state index contributed by atoms with van der Waals surface area (Å²) >= 11 is 0. The fourth-order valence-electron chi connectivity index (χ4n) is 2.81. The first kappa shape index (κ1) is 18.2. The van der Waals surface area contributed by atoms with Crippen molar-refractivity contribution in [1.29, 1.82) is 0 Å². The summed E-state index contributed by atoms with van der Waals surface area (Å²) in [5, 5.41) is 9.63. The summed E-state index contributed by atoms with van der Waals surface area (Å²) in [6, 6.07) is 6.88. The second-order valence-corrected chi connectivity index (χ2v) is 8.07. The third-order valence-electron chi connectivity index (χ3n) is 4.27. The largest absolute Gasteiger partial charge is 0.393 e. The average molecular weight is 337 g/mol. The van der Waals surface area contributed by atoms with E-state index < -0.39 is 10.0 Å². The van der Waals surface area contributed by atoms with Gasteiger partial charge in [-0.2, -0.15) is 0 Å². The molecule has 2 rings (SSSR count). The van der Waals surface area contributed by atoms with Crippen LogP contribution in [0.2, 0.25) is 0 Å². The number of allylic oxidation sites excluding steroid dienone is 2. The number of unbranched alkanes of at least 4 members (excludes halogenated alkanes) is 1. The van der Waals surface area contributed by atoms with Crippen LogP contribution in [-0.4, -0.2) is 26.2 Å². The molecule has 0 aliphatic heterocycles. The lowest BCUT2D eigenvalue weighted by Gasteiger charge is -2.07. The van der Waals surface area contributed by atoms with Gasteiger partial charge in [0.05, 0.1) is 11.0 Å². The van der Waals surface area contributed by atoms with Gasteiger partial charge in [-0.15, -0.1) is 0 Å². The van der Waals surface area contributed by atoms with Crippen molar-refractivity contribution in [2.45, 2.75) is 62.9 Å². The minimum absolute atomic E-state index is 0.151. The van der Waals surface area contributed by atoms with Crippen LogP contribution in [0, 0.1) is 6.92 Å². The average Bonchev–Trinajstić information content (AvgIpc) is 2.72. The van der Waals surface area contributed by atoms with Gasteiger partial charge in [0.1, 0.15) is 0 Å². The molecule has 0 heterocycles. The minimum Gasteiger partial charge on any atom is -0.393 e. The first-order valence-electron chi connectivity index (χ1n) is 8.40. The molecule has 128 valence electrons. The maximum Gasteiger partial charge on any atom is 0.240 e. The van der Waals surface area contributed by atoms with Crippen LogP contribution in [-0.2, 0) is 10.0 Å². The molecule has 1 aromatic rings. The fourth-order valence-corrected chi connectivity index (χ4v) is 3.88. The van der Waals surface area contributed by atoms with Gasteiger partial charge in [-0.3, -0.25) is 0 Å². The SMILES string of the molecule is Cc1ccc(S(=O)(=O)NCCC/C=C2\CCCC(O)CC2)cc1. The van der Waals surface area contributed by atoms with Gasteiger partial charge in [0.15, 0.2) is 0 Å². The monoisotopic (exact) mass is 337 g/mol. The Labute approximate surface area is 139 Å². The van der Waals surface area contributed by atoms with E-state index in [1.807, 2.05) is 6.92 Å². The molecule has 1 aliphatic carbocycles. The molecule has 1 fully saturated rings. The first-order valence-corrected chi connectivity index (χ1v) is 9.88. The van der Waals surface area contributed by atoms with Crippen LogP contribution in [0.1, 0.15) is 50.5 Å². The highest BCUT2D eigenvalue weighted by Crippen LogP contribution is 2.23. The summed E-state index contributed by atoms with van der Waals surface area (Å²) < 4.78 is 26.9. The number of rotatable bonds is 6. The van der Waals surface area contributed by atoms with E-state index in [1.54, 1.807) is 24.3 Å². The standard InChI is InChI=1S/C18H27NO3S/c1-15-8-12-18(13-9-15)23(21,22)19-14-3-2-5-16-6-4-7-17(20)11-10-16/h5,8-9,12-13,17,19-20H,2-4,6-7,10-11,14H2,1H3/b16-5+. The summed E-state index contributed by atoms with van der Waals surface area (Å²) in [6.07, 6.45) is 8.56. The summed E-state index contributed by atoms with van der Waals surface area (Å²) in [4.78, 5) is 0.319. The van der Waals surface area contributed by atoms with Gasteiger partial charge in [0.25, 0.3) is 0 Å². The lowest BCUT2D eigenvalue weighted by atomic mass is 10.1. The normalized spacial score (nSPS) is 21.3. The Morgan fingerprint density at radius 1 is 1.22 bits per heavy atom. The molecule has 0 amide bonds. The van der Waals surface area contributed by atoms with Gasteiger partial charge in [-0.05, 0) is 64.0 Å². The Balaban J connectivity index is 1.75. The van der Waals surface area contributed by atoms with E-state index in [4.69, 9.17) is 0 Å². The van der Waals surface area contributed by atoms with E-state index in [0.29, 0.717) is 11.4 Å². The Hall–Kier alpha value is -1.17. The van der Waals surface area contributed by atoms with Gasteiger partial charge in [-0.1, -0.05) is 29.3 Å².